The molecule has 0 aliphatic carbocycles. The predicted molar refractivity (Wildman–Crippen MR) is 62.3 cm³/mol. The summed E-state index contributed by atoms with van der Waals surface area (Å²) in [5.41, 5.74) is 5.70. The van der Waals surface area contributed by atoms with E-state index in [1.807, 2.05) is 0 Å². The van der Waals surface area contributed by atoms with E-state index in [1.54, 1.807) is 18.3 Å². The molecule has 1 unspecified atom stereocenters. The minimum Gasteiger partial charge on any atom is -0.366 e. The summed E-state index contributed by atoms with van der Waals surface area (Å²) in [6, 6.07) is 3.69. The van der Waals surface area contributed by atoms with Crippen molar-refractivity contribution in [2.24, 2.45) is 5.73 Å². The molecule has 4 N–H and O–H groups in total. The molecular formula is C11H16N4O. The SMILES string of the molecule is NC(=O)c1ccnc(NC2CCCNC2)c1. The van der Waals surface area contributed by atoms with Crippen LogP contribution in [0.5, 0.6) is 0 Å². The van der Waals surface area contributed by atoms with E-state index < -0.39 is 5.91 Å². The molecular weight excluding hydrogens is 204 g/mol. The maximum Gasteiger partial charge on any atom is 0.248 e. The van der Waals surface area contributed by atoms with Crippen LogP contribution in [0.25, 0.3) is 0 Å². The Labute approximate surface area is 94.4 Å². The molecule has 1 atom stereocenters. The van der Waals surface area contributed by atoms with Gasteiger partial charge >= 0.3 is 0 Å². The summed E-state index contributed by atoms with van der Waals surface area (Å²) in [4.78, 5) is 15.2. The van der Waals surface area contributed by atoms with Gasteiger partial charge in [-0.1, -0.05) is 0 Å². The number of pyridine rings is 1. The summed E-state index contributed by atoms with van der Waals surface area (Å²) >= 11 is 0. The Kier molecular flexibility index (Phi) is 3.36. The number of anilines is 1. The zero-order valence-corrected chi connectivity index (χ0v) is 9.07. The summed E-state index contributed by atoms with van der Waals surface area (Å²) in [6.07, 6.45) is 3.88. The summed E-state index contributed by atoms with van der Waals surface area (Å²) < 4.78 is 0. The first-order valence-corrected chi connectivity index (χ1v) is 5.49. The molecule has 1 amide bonds. The average molecular weight is 220 g/mol. The molecule has 0 bridgehead atoms. The maximum absolute atomic E-state index is 11.0. The number of amides is 1. The van der Waals surface area contributed by atoms with Gasteiger partial charge in [0.15, 0.2) is 0 Å². The van der Waals surface area contributed by atoms with Crippen molar-refractivity contribution in [3.05, 3.63) is 23.9 Å². The number of carbonyl (C=O) groups is 1. The lowest BCUT2D eigenvalue weighted by Gasteiger charge is -2.24. The fourth-order valence-electron chi connectivity index (χ4n) is 1.85. The summed E-state index contributed by atoms with van der Waals surface area (Å²) in [7, 11) is 0. The highest BCUT2D eigenvalue weighted by atomic mass is 16.1. The van der Waals surface area contributed by atoms with E-state index in [0.717, 1.165) is 25.9 Å². The van der Waals surface area contributed by atoms with E-state index in [4.69, 9.17) is 5.73 Å². The number of rotatable bonds is 3. The van der Waals surface area contributed by atoms with Gasteiger partial charge in [0, 0.05) is 24.3 Å². The Morgan fingerprint density at radius 1 is 1.62 bits per heavy atom. The summed E-state index contributed by atoms with van der Waals surface area (Å²) in [5, 5.41) is 6.61. The third-order valence-corrected chi connectivity index (χ3v) is 2.69. The van der Waals surface area contributed by atoms with Crippen LogP contribution in [-0.2, 0) is 0 Å². The molecule has 0 aromatic carbocycles. The van der Waals surface area contributed by atoms with Crippen molar-refractivity contribution >= 4 is 11.7 Å². The minimum absolute atomic E-state index is 0.379. The molecule has 86 valence electrons. The highest BCUT2D eigenvalue weighted by Gasteiger charge is 2.13. The van der Waals surface area contributed by atoms with Crippen molar-refractivity contribution in [1.82, 2.24) is 10.3 Å². The van der Waals surface area contributed by atoms with Gasteiger partial charge < -0.3 is 16.4 Å². The van der Waals surface area contributed by atoms with E-state index in [9.17, 15) is 4.79 Å². The number of nitrogens with one attached hydrogen (secondary N) is 2. The average Bonchev–Trinajstić information content (AvgIpc) is 2.30. The molecule has 0 spiro atoms. The van der Waals surface area contributed by atoms with Gasteiger partial charge in [0.1, 0.15) is 5.82 Å². The normalized spacial score (nSPS) is 20.4. The van der Waals surface area contributed by atoms with Crippen LogP contribution in [0.3, 0.4) is 0 Å². The lowest BCUT2D eigenvalue weighted by molar-refractivity contribution is 0.1000. The van der Waals surface area contributed by atoms with Crippen LogP contribution in [0.4, 0.5) is 5.82 Å². The van der Waals surface area contributed by atoms with Crippen molar-refractivity contribution in [2.75, 3.05) is 18.4 Å². The molecule has 0 radical (unpaired) electrons. The Hall–Kier alpha value is -1.62. The van der Waals surface area contributed by atoms with Crippen LogP contribution in [0.1, 0.15) is 23.2 Å². The third kappa shape index (κ3) is 2.70. The highest BCUT2D eigenvalue weighted by molar-refractivity contribution is 5.93. The van der Waals surface area contributed by atoms with E-state index in [0.29, 0.717) is 17.4 Å². The maximum atomic E-state index is 11.0. The molecule has 1 aromatic rings. The Bertz CT molecular complexity index is 374. The Morgan fingerprint density at radius 2 is 2.50 bits per heavy atom. The van der Waals surface area contributed by atoms with E-state index in [-0.39, 0.29) is 0 Å². The number of hydrogen-bond donors (Lipinski definition) is 3. The van der Waals surface area contributed by atoms with Crippen LogP contribution in [0.15, 0.2) is 18.3 Å². The third-order valence-electron chi connectivity index (χ3n) is 2.69. The van der Waals surface area contributed by atoms with Gasteiger partial charge in [0.05, 0.1) is 0 Å². The second-order valence-electron chi connectivity index (χ2n) is 3.98. The highest BCUT2D eigenvalue weighted by Crippen LogP contribution is 2.11. The Morgan fingerprint density at radius 3 is 3.19 bits per heavy atom. The summed E-state index contributed by atoms with van der Waals surface area (Å²) in [5.74, 6) is 0.289. The first-order valence-electron chi connectivity index (χ1n) is 5.49. The second-order valence-corrected chi connectivity index (χ2v) is 3.98. The van der Waals surface area contributed by atoms with Gasteiger partial charge in [-0.15, -0.1) is 0 Å². The standard InChI is InChI=1S/C11H16N4O/c12-11(16)8-3-5-14-10(6-8)15-9-2-1-4-13-7-9/h3,5-6,9,13H,1-2,4,7H2,(H2,12,16)(H,14,15). The number of piperidine rings is 1. The van der Waals surface area contributed by atoms with Crippen molar-refractivity contribution < 1.29 is 4.79 Å². The lowest BCUT2D eigenvalue weighted by atomic mass is 10.1. The number of hydrogen-bond acceptors (Lipinski definition) is 4. The van der Waals surface area contributed by atoms with Gasteiger partial charge in [-0.25, -0.2) is 4.98 Å². The fourth-order valence-corrected chi connectivity index (χ4v) is 1.85. The Balaban J connectivity index is 2.02. The van der Waals surface area contributed by atoms with Crippen molar-refractivity contribution in [3.63, 3.8) is 0 Å². The van der Waals surface area contributed by atoms with Gasteiger partial charge in [-0.05, 0) is 31.5 Å². The first-order chi connectivity index (χ1) is 7.75. The van der Waals surface area contributed by atoms with Crippen molar-refractivity contribution in [1.29, 1.82) is 0 Å². The van der Waals surface area contributed by atoms with Crippen molar-refractivity contribution in [3.8, 4) is 0 Å². The summed E-state index contributed by atoms with van der Waals surface area (Å²) in [6.45, 7) is 2.01. The predicted octanol–water partition coefficient (Wildman–Crippen LogP) is 0.344. The van der Waals surface area contributed by atoms with E-state index in [2.05, 4.69) is 15.6 Å². The molecule has 5 nitrogen and oxygen atoms in total. The molecule has 1 saturated heterocycles. The molecule has 2 heterocycles. The molecule has 2 rings (SSSR count). The number of nitrogens with two attached hydrogens (primary N) is 1. The topological polar surface area (TPSA) is 80.0 Å². The van der Waals surface area contributed by atoms with Gasteiger partial charge in [-0.3, -0.25) is 4.79 Å². The molecule has 5 heteroatoms. The largest absolute Gasteiger partial charge is 0.366 e. The smallest absolute Gasteiger partial charge is 0.248 e. The van der Waals surface area contributed by atoms with Crippen LogP contribution >= 0.6 is 0 Å². The minimum atomic E-state index is -0.424. The zero-order valence-electron chi connectivity index (χ0n) is 9.07. The monoisotopic (exact) mass is 220 g/mol. The number of primary amides is 1. The number of carbonyl (C=O) groups excluding carboxylic acids is 1. The molecule has 1 aromatic heterocycles. The van der Waals surface area contributed by atoms with E-state index >= 15 is 0 Å². The zero-order chi connectivity index (χ0) is 11.4. The fraction of sp³-hybridized carbons (Fsp3) is 0.455. The second kappa shape index (κ2) is 4.94. The van der Waals surface area contributed by atoms with Gasteiger partial charge in [-0.2, -0.15) is 0 Å². The molecule has 1 aliphatic heterocycles. The molecule has 16 heavy (non-hydrogen) atoms. The van der Waals surface area contributed by atoms with E-state index in [1.165, 1.54) is 0 Å². The van der Waals surface area contributed by atoms with Gasteiger partial charge in [0.2, 0.25) is 5.91 Å². The van der Waals surface area contributed by atoms with Crippen molar-refractivity contribution in [2.45, 2.75) is 18.9 Å². The lowest BCUT2D eigenvalue weighted by Crippen LogP contribution is -2.38. The number of nitrogens with zero attached hydrogens (tertiary/aromatic N) is 1. The quantitative estimate of drug-likeness (QED) is 0.686. The molecule has 0 saturated carbocycles. The number of aromatic nitrogens is 1. The van der Waals surface area contributed by atoms with Crippen LogP contribution in [-0.4, -0.2) is 30.0 Å². The van der Waals surface area contributed by atoms with Crippen LogP contribution < -0.4 is 16.4 Å². The van der Waals surface area contributed by atoms with Gasteiger partial charge in [0.25, 0.3) is 0 Å². The first kappa shape index (κ1) is 10.9. The molecule has 1 aliphatic rings. The molecule has 1 fully saturated rings. The van der Waals surface area contributed by atoms with Crippen LogP contribution in [0.2, 0.25) is 0 Å². The van der Waals surface area contributed by atoms with Crippen LogP contribution in [0, 0.1) is 0 Å².